The van der Waals surface area contributed by atoms with E-state index < -0.39 is 0 Å². The van der Waals surface area contributed by atoms with Crippen molar-refractivity contribution in [2.45, 2.75) is 19.3 Å². The SMILES string of the molecule is CC1(C)c2ccccc2-c2ccc(N(c3ccccc3)c3ccc(-c4ccc5oc6cc(-c7nc(-c8ccccc8)nc(-c8ccccc8)n7)ccc6c5c4)cc3)cc21. The Morgan fingerprint density at radius 1 is 0.373 bits per heavy atom. The van der Waals surface area contributed by atoms with E-state index in [4.69, 9.17) is 19.4 Å². The molecular weight excluding hydrogens is 721 g/mol. The van der Waals surface area contributed by atoms with Gasteiger partial charge in [0.2, 0.25) is 0 Å². The zero-order chi connectivity index (χ0) is 39.5. The summed E-state index contributed by atoms with van der Waals surface area (Å²) in [7, 11) is 0. The number of benzene rings is 8. The lowest BCUT2D eigenvalue weighted by Gasteiger charge is -2.28. The third-order valence-corrected chi connectivity index (χ3v) is 11.7. The monoisotopic (exact) mass is 758 g/mol. The normalized spacial score (nSPS) is 12.7. The van der Waals surface area contributed by atoms with Gasteiger partial charge in [-0.25, -0.2) is 15.0 Å². The lowest BCUT2D eigenvalue weighted by molar-refractivity contribution is 0.660. The standard InChI is InChI=1S/C54H38N4O/c1-54(2)47-21-13-12-20-43(47)44-30-28-42(34-48(44)54)58(40-18-10-5-11-19-40)41-26-22-35(23-27-41)38-25-31-49-46(32-38)45-29-24-39(33-50(45)59-49)53-56-51(36-14-6-3-7-15-36)55-52(57-53)37-16-8-4-9-17-37/h3-34H,1-2H3. The van der Waals surface area contributed by atoms with E-state index in [2.05, 4.69) is 146 Å². The quantitative estimate of drug-likeness (QED) is 0.162. The van der Waals surface area contributed by atoms with Crippen LogP contribution in [0.5, 0.6) is 0 Å². The maximum atomic E-state index is 6.47. The van der Waals surface area contributed by atoms with E-state index in [1.807, 2.05) is 66.7 Å². The number of para-hydroxylation sites is 1. The second-order valence-electron chi connectivity index (χ2n) is 15.7. The second-order valence-corrected chi connectivity index (χ2v) is 15.7. The van der Waals surface area contributed by atoms with Gasteiger partial charge in [-0.05, 0) is 94.0 Å². The Morgan fingerprint density at radius 2 is 0.915 bits per heavy atom. The van der Waals surface area contributed by atoms with Gasteiger partial charge in [-0.15, -0.1) is 0 Å². The first-order valence-electron chi connectivity index (χ1n) is 20.0. The van der Waals surface area contributed by atoms with E-state index in [1.54, 1.807) is 0 Å². The average Bonchev–Trinajstić information content (AvgIpc) is 3.78. The highest BCUT2D eigenvalue weighted by Gasteiger charge is 2.35. The van der Waals surface area contributed by atoms with Gasteiger partial charge in [-0.2, -0.15) is 0 Å². The van der Waals surface area contributed by atoms with Crippen LogP contribution in [-0.4, -0.2) is 15.0 Å². The molecule has 0 amide bonds. The molecule has 1 aliphatic carbocycles. The van der Waals surface area contributed by atoms with Gasteiger partial charge in [0.1, 0.15) is 11.2 Å². The van der Waals surface area contributed by atoms with Gasteiger partial charge >= 0.3 is 0 Å². The Morgan fingerprint density at radius 3 is 1.61 bits per heavy atom. The summed E-state index contributed by atoms with van der Waals surface area (Å²) in [6, 6.07) is 68.0. The van der Waals surface area contributed by atoms with Crippen molar-refractivity contribution < 1.29 is 4.42 Å². The van der Waals surface area contributed by atoms with E-state index in [9.17, 15) is 0 Å². The molecule has 0 radical (unpaired) electrons. The fourth-order valence-corrected chi connectivity index (χ4v) is 8.69. The van der Waals surface area contributed by atoms with Crippen LogP contribution in [0.15, 0.2) is 199 Å². The molecule has 0 unspecified atom stereocenters. The van der Waals surface area contributed by atoms with Gasteiger partial charge in [-0.1, -0.05) is 147 Å². The molecule has 1 aliphatic rings. The van der Waals surface area contributed by atoms with Crippen molar-refractivity contribution in [1.29, 1.82) is 0 Å². The topological polar surface area (TPSA) is 55.1 Å². The minimum absolute atomic E-state index is 0.0871. The first-order chi connectivity index (χ1) is 29.0. The predicted octanol–water partition coefficient (Wildman–Crippen LogP) is 14.2. The molecular formula is C54H38N4O. The smallest absolute Gasteiger partial charge is 0.164 e. The molecule has 0 N–H and O–H groups in total. The van der Waals surface area contributed by atoms with Gasteiger partial charge in [0, 0.05) is 49.9 Å². The second kappa shape index (κ2) is 13.8. The van der Waals surface area contributed by atoms with Gasteiger partial charge < -0.3 is 9.32 Å². The van der Waals surface area contributed by atoms with Crippen LogP contribution in [0, 0.1) is 0 Å². The number of nitrogens with zero attached hydrogens (tertiary/aromatic N) is 4. The Kier molecular flexibility index (Phi) is 8.09. The third-order valence-electron chi connectivity index (χ3n) is 11.7. The highest BCUT2D eigenvalue weighted by molar-refractivity contribution is 6.07. The summed E-state index contributed by atoms with van der Waals surface area (Å²) < 4.78 is 6.47. The lowest BCUT2D eigenvalue weighted by Crippen LogP contribution is -2.16. The summed E-state index contributed by atoms with van der Waals surface area (Å²) in [5.41, 5.74) is 15.2. The summed E-state index contributed by atoms with van der Waals surface area (Å²) in [6.45, 7) is 4.67. The van der Waals surface area contributed by atoms with Crippen LogP contribution in [0.4, 0.5) is 17.1 Å². The zero-order valence-electron chi connectivity index (χ0n) is 32.7. The van der Waals surface area contributed by atoms with Crippen molar-refractivity contribution in [3.8, 4) is 56.4 Å². The summed E-state index contributed by atoms with van der Waals surface area (Å²) in [4.78, 5) is 17.1. The van der Waals surface area contributed by atoms with Crippen LogP contribution in [0.25, 0.3) is 78.4 Å². The largest absolute Gasteiger partial charge is 0.456 e. The minimum atomic E-state index is -0.0871. The molecule has 0 spiro atoms. The fraction of sp³-hybridized carbons (Fsp3) is 0.0556. The summed E-state index contributed by atoms with van der Waals surface area (Å²) >= 11 is 0. The molecule has 2 aromatic heterocycles. The summed E-state index contributed by atoms with van der Waals surface area (Å²) in [5, 5.41) is 2.10. The molecule has 280 valence electrons. The maximum absolute atomic E-state index is 6.47. The first-order valence-corrected chi connectivity index (χ1v) is 20.0. The Bertz CT molecular complexity index is 3120. The van der Waals surface area contributed by atoms with Crippen molar-refractivity contribution in [3.05, 3.63) is 205 Å². The van der Waals surface area contributed by atoms with Crippen molar-refractivity contribution >= 4 is 39.0 Å². The zero-order valence-corrected chi connectivity index (χ0v) is 32.7. The fourth-order valence-electron chi connectivity index (χ4n) is 8.69. The molecule has 0 aliphatic heterocycles. The lowest BCUT2D eigenvalue weighted by atomic mass is 9.82. The molecule has 59 heavy (non-hydrogen) atoms. The van der Waals surface area contributed by atoms with Crippen LogP contribution in [-0.2, 0) is 5.41 Å². The third kappa shape index (κ3) is 5.98. The van der Waals surface area contributed by atoms with Gasteiger partial charge in [-0.3, -0.25) is 0 Å². The highest BCUT2D eigenvalue weighted by atomic mass is 16.3. The molecule has 11 rings (SSSR count). The summed E-state index contributed by atoms with van der Waals surface area (Å²) in [6.07, 6.45) is 0. The average molecular weight is 759 g/mol. The molecule has 5 heteroatoms. The van der Waals surface area contributed by atoms with E-state index >= 15 is 0 Å². The molecule has 2 heterocycles. The Balaban J connectivity index is 0.939. The molecule has 0 atom stereocenters. The van der Waals surface area contributed by atoms with Crippen LogP contribution in [0.1, 0.15) is 25.0 Å². The molecule has 0 fully saturated rings. The highest BCUT2D eigenvalue weighted by Crippen LogP contribution is 2.50. The van der Waals surface area contributed by atoms with Gasteiger partial charge in [0.25, 0.3) is 0 Å². The number of hydrogen-bond donors (Lipinski definition) is 0. The predicted molar refractivity (Wildman–Crippen MR) is 241 cm³/mol. The Labute approximate surface area is 342 Å². The molecule has 8 aromatic carbocycles. The molecule has 0 saturated carbocycles. The van der Waals surface area contributed by atoms with Crippen LogP contribution in [0.2, 0.25) is 0 Å². The number of fused-ring (bicyclic) bond motifs is 6. The maximum Gasteiger partial charge on any atom is 0.164 e. The molecule has 10 aromatic rings. The number of rotatable bonds is 7. The van der Waals surface area contributed by atoms with E-state index in [0.717, 1.165) is 66.8 Å². The van der Waals surface area contributed by atoms with E-state index in [-0.39, 0.29) is 5.41 Å². The number of furan rings is 1. The molecule has 0 bridgehead atoms. The van der Waals surface area contributed by atoms with Crippen molar-refractivity contribution in [3.63, 3.8) is 0 Å². The van der Waals surface area contributed by atoms with Gasteiger partial charge in [0.05, 0.1) is 0 Å². The summed E-state index contributed by atoms with van der Waals surface area (Å²) in [5.74, 6) is 1.85. The van der Waals surface area contributed by atoms with E-state index in [1.165, 1.54) is 22.3 Å². The van der Waals surface area contributed by atoms with Crippen LogP contribution in [0.3, 0.4) is 0 Å². The van der Waals surface area contributed by atoms with Crippen molar-refractivity contribution in [2.75, 3.05) is 4.90 Å². The van der Waals surface area contributed by atoms with Gasteiger partial charge in [0.15, 0.2) is 17.5 Å². The van der Waals surface area contributed by atoms with Crippen molar-refractivity contribution in [2.24, 2.45) is 0 Å². The van der Waals surface area contributed by atoms with E-state index in [0.29, 0.717) is 17.5 Å². The molecule has 0 saturated heterocycles. The number of aromatic nitrogens is 3. The first kappa shape index (κ1) is 34.6. The van der Waals surface area contributed by atoms with Crippen molar-refractivity contribution in [1.82, 2.24) is 15.0 Å². The van der Waals surface area contributed by atoms with Crippen LogP contribution < -0.4 is 4.90 Å². The molecule has 5 nitrogen and oxygen atoms in total. The Hall–Kier alpha value is -7.63. The number of anilines is 3. The van der Waals surface area contributed by atoms with Crippen LogP contribution >= 0.6 is 0 Å². The minimum Gasteiger partial charge on any atom is -0.456 e. The number of hydrogen-bond acceptors (Lipinski definition) is 5.